The van der Waals surface area contributed by atoms with E-state index in [0.29, 0.717) is 0 Å². The average Bonchev–Trinajstić information content (AvgIpc) is 2.41. The summed E-state index contributed by atoms with van der Waals surface area (Å²) in [4.78, 5) is 0. The van der Waals surface area contributed by atoms with Crippen LogP contribution >= 0.6 is 0 Å². The van der Waals surface area contributed by atoms with Crippen LogP contribution in [0.5, 0.6) is 0 Å². The zero-order chi connectivity index (χ0) is 13.8. The highest BCUT2D eigenvalue weighted by Crippen LogP contribution is 2.36. The summed E-state index contributed by atoms with van der Waals surface area (Å²) in [5.74, 6) is 0. The van der Waals surface area contributed by atoms with Crippen LogP contribution in [0.25, 0.3) is 5.57 Å². The zero-order valence-electron chi connectivity index (χ0n) is 12.0. The quantitative estimate of drug-likeness (QED) is 0.718. The van der Waals surface area contributed by atoms with Crippen molar-refractivity contribution >= 4 is 11.3 Å². The molecule has 1 heteroatoms. The molecule has 0 radical (unpaired) electrons. The van der Waals surface area contributed by atoms with Crippen molar-refractivity contribution in [3.8, 4) is 0 Å². The fraction of sp³-hybridized carbons (Fsp3) is 0.222. The second-order valence-electron chi connectivity index (χ2n) is 4.91. The second kappa shape index (κ2) is 5.75. The molecule has 0 saturated heterocycles. The molecule has 1 aromatic carbocycles. The van der Waals surface area contributed by atoms with Crippen LogP contribution < -0.4 is 5.32 Å². The van der Waals surface area contributed by atoms with E-state index in [4.69, 9.17) is 0 Å². The van der Waals surface area contributed by atoms with Gasteiger partial charge in [0.2, 0.25) is 0 Å². The molecule has 0 bridgehead atoms. The molecule has 0 fully saturated rings. The molecule has 1 aromatic rings. The highest BCUT2D eigenvalue weighted by atomic mass is 14.9. The fourth-order valence-electron chi connectivity index (χ4n) is 2.25. The van der Waals surface area contributed by atoms with Crippen molar-refractivity contribution in [1.82, 2.24) is 0 Å². The van der Waals surface area contributed by atoms with Crippen molar-refractivity contribution in [2.45, 2.75) is 27.2 Å². The van der Waals surface area contributed by atoms with Gasteiger partial charge in [0.1, 0.15) is 0 Å². The highest BCUT2D eigenvalue weighted by molar-refractivity contribution is 5.90. The van der Waals surface area contributed by atoms with Crippen molar-refractivity contribution in [3.63, 3.8) is 0 Å². The minimum absolute atomic E-state index is 0.905. The Morgan fingerprint density at radius 3 is 2.74 bits per heavy atom. The molecular weight excluding hydrogens is 230 g/mol. The molecule has 0 unspecified atom stereocenters. The van der Waals surface area contributed by atoms with E-state index < -0.39 is 0 Å². The van der Waals surface area contributed by atoms with Gasteiger partial charge in [0.05, 0.1) is 0 Å². The standard InChI is InChI=1S/C18H21N/c1-5-6-9-13(2)12-17-14(3)15(4)19-18-11-8-7-10-16(17)18/h5-8,10-12,19H,2,9H2,1,3-4H3/b6-5-,17-12+. The van der Waals surface area contributed by atoms with Gasteiger partial charge in [0.25, 0.3) is 0 Å². The van der Waals surface area contributed by atoms with E-state index in [2.05, 4.69) is 68.2 Å². The van der Waals surface area contributed by atoms with Crippen molar-refractivity contribution < 1.29 is 0 Å². The number of allylic oxidation sites excluding steroid dienone is 7. The Kier molecular flexibility index (Phi) is 4.06. The van der Waals surface area contributed by atoms with Gasteiger partial charge in [-0.2, -0.15) is 0 Å². The molecule has 0 aromatic heterocycles. The molecule has 2 rings (SSSR count). The predicted molar refractivity (Wildman–Crippen MR) is 85.0 cm³/mol. The fourth-order valence-corrected chi connectivity index (χ4v) is 2.25. The monoisotopic (exact) mass is 251 g/mol. The van der Waals surface area contributed by atoms with Crippen LogP contribution in [0.3, 0.4) is 0 Å². The Morgan fingerprint density at radius 2 is 2.00 bits per heavy atom. The number of benzene rings is 1. The zero-order valence-corrected chi connectivity index (χ0v) is 12.0. The number of hydrogen-bond acceptors (Lipinski definition) is 1. The molecule has 0 atom stereocenters. The number of nitrogens with one attached hydrogen (secondary N) is 1. The van der Waals surface area contributed by atoms with Gasteiger partial charge < -0.3 is 5.32 Å². The number of hydrogen-bond donors (Lipinski definition) is 1. The first-order chi connectivity index (χ1) is 9.13. The molecule has 1 aliphatic heterocycles. The number of anilines is 1. The molecule has 0 amide bonds. The van der Waals surface area contributed by atoms with Gasteiger partial charge in [-0.25, -0.2) is 0 Å². The van der Waals surface area contributed by atoms with E-state index in [0.717, 1.165) is 12.0 Å². The molecule has 98 valence electrons. The van der Waals surface area contributed by atoms with Crippen LogP contribution in [0, 0.1) is 0 Å². The Balaban J connectivity index is 2.43. The predicted octanol–water partition coefficient (Wildman–Crippen LogP) is 5.31. The van der Waals surface area contributed by atoms with E-state index in [-0.39, 0.29) is 0 Å². The molecule has 1 heterocycles. The summed E-state index contributed by atoms with van der Waals surface area (Å²) in [7, 11) is 0. The third-order valence-electron chi connectivity index (χ3n) is 3.47. The van der Waals surface area contributed by atoms with Crippen molar-refractivity contribution in [2.75, 3.05) is 5.32 Å². The number of para-hydroxylation sites is 1. The molecule has 1 N–H and O–H groups in total. The van der Waals surface area contributed by atoms with Crippen LogP contribution in [-0.2, 0) is 0 Å². The lowest BCUT2D eigenvalue weighted by atomic mass is 9.91. The first kappa shape index (κ1) is 13.4. The van der Waals surface area contributed by atoms with E-state index in [1.165, 1.54) is 28.1 Å². The lowest BCUT2D eigenvalue weighted by Gasteiger charge is -2.24. The molecule has 1 nitrogen and oxygen atoms in total. The molecule has 0 spiro atoms. The van der Waals surface area contributed by atoms with Crippen molar-refractivity contribution in [3.05, 3.63) is 71.5 Å². The SMILES string of the molecule is C=C(/C=C1\C(C)=C(C)Nc2ccccc21)C/C=C\C. The largest absolute Gasteiger partial charge is 0.358 e. The van der Waals surface area contributed by atoms with Gasteiger partial charge in [-0.05, 0) is 44.4 Å². The Morgan fingerprint density at radius 1 is 1.26 bits per heavy atom. The molecule has 19 heavy (non-hydrogen) atoms. The van der Waals surface area contributed by atoms with E-state index >= 15 is 0 Å². The topological polar surface area (TPSA) is 12.0 Å². The van der Waals surface area contributed by atoms with Crippen LogP contribution in [-0.4, -0.2) is 0 Å². The van der Waals surface area contributed by atoms with E-state index in [9.17, 15) is 0 Å². The maximum absolute atomic E-state index is 4.15. The minimum atomic E-state index is 0.905. The first-order valence-electron chi connectivity index (χ1n) is 6.68. The first-order valence-corrected chi connectivity index (χ1v) is 6.68. The smallest absolute Gasteiger partial charge is 0.0461 e. The summed E-state index contributed by atoms with van der Waals surface area (Å²) in [6.45, 7) is 10.5. The van der Waals surface area contributed by atoms with Crippen LogP contribution in [0.1, 0.15) is 32.8 Å². The maximum atomic E-state index is 4.15. The highest BCUT2D eigenvalue weighted by Gasteiger charge is 2.16. The molecule has 0 saturated carbocycles. The van der Waals surface area contributed by atoms with Gasteiger partial charge in [0.15, 0.2) is 0 Å². The summed E-state index contributed by atoms with van der Waals surface area (Å²) < 4.78 is 0. The van der Waals surface area contributed by atoms with Gasteiger partial charge >= 0.3 is 0 Å². The van der Waals surface area contributed by atoms with Crippen molar-refractivity contribution in [1.29, 1.82) is 0 Å². The molecule has 0 aliphatic carbocycles. The number of fused-ring (bicyclic) bond motifs is 1. The summed E-state index contributed by atoms with van der Waals surface area (Å²) in [5.41, 5.74) is 7.35. The summed E-state index contributed by atoms with van der Waals surface area (Å²) in [6, 6.07) is 8.42. The van der Waals surface area contributed by atoms with Crippen LogP contribution in [0.2, 0.25) is 0 Å². The van der Waals surface area contributed by atoms with Gasteiger partial charge in [0, 0.05) is 16.9 Å². The van der Waals surface area contributed by atoms with Gasteiger partial charge in [-0.15, -0.1) is 0 Å². The van der Waals surface area contributed by atoms with E-state index in [1.807, 2.05) is 6.92 Å². The molecule has 1 aliphatic rings. The Labute approximate surface area is 116 Å². The maximum Gasteiger partial charge on any atom is 0.0461 e. The van der Waals surface area contributed by atoms with Crippen LogP contribution in [0.15, 0.2) is 65.9 Å². The molecular formula is C18H21N. The lowest BCUT2D eigenvalue weighted by Crippen LogP contribution is -2.08. The van der Waals surface area contributed by atoms with Gasteiger partial charge in [-0.1, -0.05) is 48.6 Å². The van der Waals surface area contributed by atoms with Gasteiger partial charge in [-0.3, -0.25) is 0 Å². The Hall–Kier alpha value is -2.02. The second-order valence-corrected chi connectivity index (χ2v) is 4.91. The number of rotatable bonds is 3. The van der Waals surface area contributed by atoms with Crippen LogP contribution in [0.4, 0.5) is 5.69 Å². The Bertz CT molecular complexity index is 585. The lowest BCUT2D eigenvalue weighted by molar-refractivity contribution is 1.24. The van der Waals surface area contributed by atoms with E-state index in [1.54, 1.807) is 0 Å². The third-order valence-corrected chi connectivity index (χ3v) is 3.47. The normalized spacial score (nSPS) is 16.7. The minimum Gasteiger partial charge on any atom is -0.358 e. The van der Waals surface area contributed by atoms with Crippen molar-refractivity contribution in [2.24, 2.45) is 0 Å². The third kappa shape index (κ3) is 2.87. The summed E-state index contributed by atoms with van der Waals surface area (Å²) >= 11 is 0. The summed E-state index contributed by atoms with van der Waals surface area (Å²) in [5, 5.41) is 3.45. The summed E-state index contributed by atoms with van der Waals surface area (Å²) in [6.07, 6.45) is 7.31. The average molecular weight is 251 g/mol.